The van der Waals surface area contributed by atoms with Gasteiger partial charge in [0.1, 0.15) is 5.78 Å². The number of ketones is 1. The van der Waals surface area contributed by atoms with E-state index < -0.39 is 0 Å². The summed E-state index contributed by atoms with van der Waals surface area (Å²) in [7, 11) is 2.09. The average Bonchev–Trinajstić information content (AvgIpc) is 2.43. The SMILES string of the molecule is CCc1ccc(N(C)CC2CC(C)(C)CCC2=O)cc1. The summed E-state index contributed by atoms with van der Waals surface area (Å²) < 4.78 is 0. The van der Waals surface area contributed by atoms with Crippen molar-refractivity contribution in [2.75, 3.05) is 18.5 Å². The molecule has 2 heteroatoms. The zero-order chi connectivity index (χ0) is 14.8. The monoisotopic (exact) mass is 273 g/mol. The van der Waals surface area contributed by atoms with Crippen molar-refractivity contribution in [2.45, 2.75) is 46.5 Å². The lowest BCUT2D eigenvalue weighted by molar-refractivity contribution is -0.126. The molecule has 1 atom stereocenters. The standard InChI is InChI=1S/C18H27NO/c1-5-14-6-8-16(9-7-14)19(4)13-15-12-18(2,3)11-10-17(15)20/h6-9,15H,5,10-13H2,1-4H3. The lowest BCUT2D eigenvalue weighted by Crippen LogP contribution is -2.37. The molecule has 2 nitrogen and oxygen atoms in total. The zero-order valence-corrected chi connectivity index (χ0v) is 13.3. The van der Waals surface area contributed by atoms with Crippen molar-refractivity contribution >= 4 is 11.5 Å². The van der Waals surface area contributed by atoms with E-state index in [2.05, 4.69) is 57.0 Å². The molecular weight excluding hydrogens is 246 g/mol. The third-order valence-corrected chi connectivity index (χ3v) is 4.58. The van der Waals surface area contributed by atoms with Gasteiger partial charge in [0, 0.05) is 31.6 Å². The Morgan fingerprint density at radius 2 is 1.90 bits per heavy atom. The third-order valence-electron chi connectivity index (χ3n) is 4.58. The van der Waals surface area contributed by atoms with Gasteiger partial charge in [0.2, 0.25) is 0 Å². The quantitative estimate of drug-likeness (QED) is 0.824. The molecule has 110 valence electrons. The third kappa shape index (κ3) is 3.62. The van der Waals surface area contributed by atoms with Crippen LogP contribution in [0.4, 0.5) is 5.69 Å². The minimum absolute atomic E-state index is 0.189. The highest BCUT2D eigenvalue weighted by atomic mass is 16.1. The van der Waals surface area contributed by atoms with Crippen LogP contribution in [0.1, 0.15) is 45.6 Å². The first kappa shape index (κ1) is 15.1. The molecule has 1 aliphatic carbocycles. The Kier molecular flexibility index (Phi) is 4.52. The van der Waals surface area contributed by atoms with Crippen LogP contribution >= 0.6 is 0 Å². The Labute approximate surface area is 123 Å². The maximum absolute atomic E-state index is 12.1. The van der Waals surface area contributed by atoms with Gasteiger partial charge in [-0.3, -0.25) is 4.79 Å². The van der Waals surface area contributed by atoms with Crippen molar-refractivity contribution in [1.29, 1.82) is 0 Å². The topological polar surface area (TPSA) is 20.3 Å². The average molecular weight is 273 g/mol. The first-order valence-corrected chi connectivity index (χ1v) is 7.74. The summed E-state index contributed by atoms with van der Waals surface area (Å²) in [6.07, 6.45) is 3.88. The molecule has 1 aromatic rings. The zero-order valence-electron chi connectivity index (χ0n) is 13.3. The summed E-state index contributed by atoms with van der Waals surface area (Å²) in [4.78, 5) is 14.3. The largest absolute Gasteiger partial charge is 0.374 e. The van der Waals surface area contributed by atoms with E-state index in [1.807, 2.05) is 0 Å². The molecule has 1 aromatic carbocycles. The number of hydrogen-bond donors (Lipinski definition) is 0. The number of aryl methyl sites for hydroxylation is 1. The minimum atomic E-state index is 0.189. The van der Waals surface area contributed by atoms with Crippen LogP contribution in [0.2, 0.25) is 0 Å². The van der Waals surface area contributed by atoms with Crippen molar-refractivity contribution in [2.24, 2.45) is 11.3 Å². The van der Waals surface area contributed by atoms with E-state index in [0.29, 0.717) is 11.2 Å². The summed E-state index contributed by atoms with van der Waals surface area (Å²) in [5.41, 5.74) is 2.88. The molecule has 0 N–H and O–H groups in total. The van der Waals surface area contributed by atoms with E-state index in [4.69, 9.17) is 0 Å². The Hall–Kier alpha value is -1.31. The molecule has 0 heterocycles. The number of Topliss-reactive ketones (excluding diaryl/α,β-unsaturated/α-hetero) is 1. The normalized spacial score (nSPS) is 21.8. The van der Waals surface area contributed by atoms with Crippen molar-refractivity contribution in [3.63, 3.8) is 0 Å². The second kappa shape index (κ2) is 5.99. The molecule has 1 unspecified atom stereocenters. The van der Waals surface area contributed by atoms with Crippen LogP contribution in [0.25, 0.3) is 0 Å². The van der Waals surface area contributed by atoms with E-state index in [-0.39, 0.29) is 5.92 Å². The van der Waals surface area contributed by atoms with Gasteiger partial charge in [0.25, 0.3) is 0 Å². The smallest absolute Gasteiger partial charge is 0.137 e. The fraction of sp³-hybridized carbons (Fsp3) is 0.611. The molecule has 0 aromatic heterocycles. The van der Waals surface area contributed by atoms with Crippen LogP contribution in [0.15, 0.2) is 24.3 Å². The molecule has 20 heavy (non-hydrogen) atoms. The summed E-state index contributed by atoms with van der Waals surface area (Å²) in [6, 6.07) is 8.69. The van der Waals surface area contributed by atoms with Gasteiger partial charge >= 0.3 is 0 Å². The second-order valence-corrected chi connectivity index (χ2v) is 6.93. The molecule has 0 radical (unpaired) electrons. The lowest BCUT2D eigenvalue weighted by Gasteiger charge is -2.36. The fourth-order valence-corrected chi connectivity index (χ4v) is 3.14. The molecule has 0 aliphatic heterocycles. The van der Waals surface area contributed by atoms with Gasteiger partial charge in [-0.2, -0.15) is 0 Å². The molecular formula is C18H27NO. The van der Waals surface area contributed by atoms with Gasteiger partial charge in [-0.15, -0.1) is 0 Å². The van der Waals surface area contributed by atoms with Crippen molar-refractivity contribution in [3.8, 4) is 0 Å². The van der Waals surface area contributed by atoms with E-state index in [1.54, 1.807) is 0 Å². The molecule has 0 spiro atoms. The second-order valence-electron chi connectivity index (χ2n) is 6.93. The van der Waals surface area contributed by atoms with Crippen LogP contribution in [0.3, 0.4) is 0 Å². The van der Waals surface area contributed by atoms with Gasteiger partial charge in [-0.25, -0.2) is 0 Å². The van der Waals surface area contributed by atoms with Crippen LogP contribution in [0, 0.1) is 11.3 Å². The molecule has 0 saturated heterocycles. The Morgan fingerprint density at radius 1 is 1.25 bits per heavy atom. The van der Waals surface area contributed by atoms with Crippen molar-refractivity contribution in [3.05, 3.63) is 29.8 Å². The first-order chi connectivity index (χ1) is 9.41. The molecule has 1 fully saturated rings. The summed E-state index contributed by atoms with van der Waals surface area (Å²) in [5.74, 6) is 0.635. The lowest BCUT2D eigenvalue weighted by atomic mass is 9.71. The van der Waals surface area contributed by atoms with E-state index in [0.717, 1.165) is 32.2 Å². The first-order valence-electron chi connectivity index (χ1n) is 7.74. The number of carbonyl (C=O) groups is 1. The van der Waals surface area contributed by atoms with Gasteiger partial charge in [0.15, 0.2) is 0 Å². The minimum Gasteiger partial charge on any atom is -0.374 e. The number of carbonyl (C=O) groups excluding carboxylic acids is 1. The molecule has 0 amide bonds. The van der Waals surface area contributed by atoms with Crippen LogP contribution in [-0.2, 0) is 11.2 Å². The highest BCUT2D eigenvalue weighted by Crippen LogP contribution is 2.37. The van der Waals surface area contributed by atoms with Crippen LogP contribution < -0.4 is 4.90 Å². The predicted octanol–water partition coefficient (Wildman–Crippen LogP) is 4.08. The number of anilines is 1. The number of nitrogens with zero attached hydrogens (tertiary/aromatic N) is 1. The molecule has 1 saturated carbocycles. The van der Waals surface area contributed by atoms with E-state index >= 15 is 0 Å². The summed E-state index contributed by atoms with van der Waals surface area (Å²) in [6.45, 7) is 7.57. The summed E-state index contributed by atoms with van der Waals surface area (Å²) in [5, 5.41) is 0. The maximum Gasteiger partial charge on any atom is 0.137 e. The van der Waals surface area contributed by atoms with Crippen LogP contribution in [0.5, 0.6) is 0 Å². The molecule has 2 rings (SSSR count). The van der Waals surface area contributed by atoms with Gasteiger partial charge in [0.05, 0.1) is 0 Å². The molecule has 1 aliphatic rings. The number of benzene rings is 1. The highest BCUT2D eigenvalue weighted by Gasteiger charge is 2.34. The van der Waals surface area contributed by atoms with Gasteiger partial charge < -0.3 is 4.90 Å². The summed E-state index contributed by atoms with van der Waals surface area (Å²) >= 11 is 0. The number of hydrogen-bond acceptors (Lipinski definition) is 2. The number of rotatable bonds is 4. The highest BCUT2D eigenvalue weighted by molar-refractivity contribution is 5.82. The van der Waals surface area contributed by atoms with Gasteiger partial charge in [-0.05, 0) is 42.4 Å². The van der Waals surface area contributed by atoms with Crippen LogP contribution in [-0.4, -0.2) is 19.4 Å². The van der Waals surface area contributed by atoms with Crippen molar-refractivity contribution < 1.29 is 4.79 Å². The Bertz CT molecular complexity index is 461. The maximum atomic E-state index is 12.1. The van der Waals surface area contributed by atoms with Crippen molar-refractivity contribution in [1.82, 2.24) is 0 Å². The predicted molar refractivity (Wildman–Crippen MR) is 85.2 cm³/mol. The Morgan fingerprint density at radius 3 is 2.50 bits per heavy atom. The van der Waals surface area contributed by atoms with E-state index in [1.165, 1.54) is 11.3 Å². The molecule has 0 bridgehead atoms. The van der Waals surface area contributed by atoms with Gasteiger partial charge in [-0.1, -0.05) is 32.9 Å². The fourth-order valence-electron chi connectivity index (χ4n) is 3.14. The van der Waals surface area contributed by atoms with E-state index in [9.17, 15) is 4.79 Å². The Balaban J connectivity index is 2.02.